The number of halogens is 1. The summed E-state index contributed by atoms with van der Waals surface area (Å²) in [4.78, 5) is 12.8. The molecule has 140 valence electrons. The van der Waals surface area contributed by atoms with Crippen molar-refractivity contribution >= 4 is 28.2 Å². The predicted molar refractivity (Wildman–Crippen MR) is 100 cm³/mol. The first kappa shape index (κ1) is 20.2. The summed E-state index contributed by atoms with van der Waals surface area (Å²) in [6.45, 7) is 0.431. The zero-order valence-electron chi connectivity index (χ0n) is 14.5. The Bertz CT molecular complexity index is 692. The molecule has 0 saturated heterocycles. The van der Waals surface area contributed by atoms with E-state index in [1.54, 1.807) is 24.3 Å². The maximum absolute atomic E-state index is 12.5. The molecule has 1 aromatic carbocycles. The third-order valence-corrected chi connectivity index (χ3v) is 6.73. The summed E-state index contributed by atoms with van der Waals surface area (Å²) >= 11 is 0. The smallest absolute Gasteiger partial charge is 0.223 e. The number of amides is 1. The van der Waals surface area contributed by atoms with Crippen LogP contribution < -0.4 is 11.1 Å². The molecule has 25 heavy (non-hydrogen) atoms. The summed E-state index contributed by atoms with van der Waals surface area (Å²) in [5, 5.41) is 3.00. The van der Waals surface area contributed by atoms with Gasteiger partial charge in [0.1, 0.15) is 0 Å². The van der Waals surface area contributed by atoms with Gasteiger partial charge in [-0.1, -0.05) is 18.6 Å². The summed E-state index contributed by atoms with van der Waals surface area (Å²) in [5.74, 6) is 1.14. The lowest BCUT2D eigenvalue weighted by molar-refractivity contribution is -0.128. The van der Waals surface area contributed by atoms with Crippen molar-refractivity contribution in [2.45, 2.75) is 49.6 Å². The summed E-state index contributed by atoms with van der Waals surface area (Å²) in [7, 11) is -3.18. The average molecular weight is 387 g/mol. The Morgan fingerprint density at radius 3 is 2.24 bits per heavy atom. The molecule has 0 aliphatic heterocycles. The number of benzene rings is 1. The lowest BCUT2D eigenvalue weighted by Gasteiger charge is -2.43. The van der Waals surface area contributed by atoms with Crippen molar-refractivity contribution in [2.24, 2.45) is 23.5 Å². The first-order valence-corrected chi connectivity index (χ1v) is 10.6. The lowest BCUT2D eigenvalue weighted by atomic mass is 9.65. The third-order valence-electron chi connectivity index (χ3n) is 5.60. The number of nitrogens with two attached hydrogens (primary N) is 1. The highest BCUT2D eigenvalue weighted by molar-refractivity contribution is 7.90. The van der Waals surface area contributed by atoms with Crippen molar-refractivity contribution in [3.05, 3.63) is 29.8 Å². The molecule has 1 amide bonds. The highest BCUT2D eigenvalue weighted by Gasteiger charge is 2.40. The van der Waals surface area contributed by atoms with Crippen LogP contribution in [0.3, 0.4) is 0 Å². The van der Waals surface area contributed by atoms with Crippen LogP contribution in [0.2, 0.25) is 0 Å². The number of carbonyl (C=O) groups excluding carboxylic acids is 1. The van der Waals surface area contributed by atoms with E-state index in [1.807, 2.05) is 0 Å². The highest BCUT2D eigenvalue weighted by atomic mass is 35.5. The van der Waals surface area contributed by atoms with Crippen molar-refractivity contribution < 1.29 is 13.2 Å². The van der Waals surface area contributed by atoms with Gasteiger partial charge in [-0.25, -0.2) is 8.42 Å². The first-order chi connectivity index (χ1) is 11.3. The van der Waals surface area contributed by atoms with Crippen LogP contribution >= 0.6 is 12.4 Å². The Balaban J connectivity index is 0.00000225. The molecule has 0 radical (unpaired) electrons. The van der Waals surface area contributed by atoms with E-state index in [4.69, 9.17) is 5.73 Å². The van der Waals surface area contributed by atoms with Gasteiger partial charge < -0.3 is 11.1 Å². The van der Waals surface area contributed by atoms with Crippen molar-refractivity contribution in [1.82, 2.24) is 5.32 Å². The second kappa shape index (κ2) is 8.06. The van der Waals surface area contributed by atoms with Crippen molar-refractivity contribution in [2.75, 3.05) is 6.26 Å². The minimum absolute atomic E-state index is 0. The molecule has 2 fully saturated rings. The predicted octanol–water partition coefficient (Wildman–Crippen LogP) is 2.28. The van der Waals surface area contributed by atoms with Crippen LogP contribution in [0.15, 0.2) is 29.2 Å². The Morgan fingerprint density at radius 1 is 1.16 bits per heavy atom. The molecular weight excluding hydrogens is 360 g/mol. The number of nitrogens with one attached hydrogen (secondary N) is 1. The SMILES string of the molecule is CS(=O)(=O)c1ccc(CNC(=O)C2CC3CCCC(C2)C3N)cc1.Cl. The molecule has 0 heterocycles. The standard InChI is InChI=1S/C18H26N2O3S.ClH/c1-24(22,23)16-7-5-12(6-8-16)11-20-18(21)15-9-13-3-2-4-14(10-15)17(13)19;/h5-8,13-15,17H,2-4,9-11,19H2,1H3,(H,20,21);1H. The maximum atomic E-state index is 12.5. The van der Waals surface area contributed by atoms with Gasteiger partial charge in [-0.2, -0.15) is 0 Å². The van der Waals surface area contributed by atoms with Gasteiger partial charge in [-0.05, 0) is 55.2 Å². The molecule has 2 bridgehead atoms. The van der Waals surface area contributed by atoms with Gasteiger partial charge in [-0.15, -0.1) is 12.4 Å². The van der Waals surface area contributed by atoms with Crippen LogP contribution in [0.4, 0.5) is 0 Å². The van der Waals surface area contributed by atoms with Gasteiger partial charge in [0.05, 0.1) is 4.90 Å². The highest BCUT2D eigenvalue weighted by Crippen LogP contribution is 2.41. The molecule has 2 saturated carbocycles. The number of hydrogen-bond acceptors (Lipinski definition) is 4. The summed E-state index contributed by atoms with van der Waals surface area (Å²) in [6, 6.07) is 6.94. The zero-order chi connectivity index (χ0) is 17.3. The maximum Gasteiger partial charge on any atom is 0.223 e. The first-order valence-electron chi connectivity index (χ1n) is 8.67. The molecule has 2 unspecified atom stereocenters. The monoisotopic (exact) mass is 386 g/mol. The molecular formula is C18H27ClN2O3S. The molecule has 2 aliphatic carbocycles. The largest absolute Gasteiger partial charge is 0.352 e. The van der Waals surface area contributed by atoms with E-state index in [0.29, 0.717) is 23.3 Å². The zero-order valence-corrected chi connectivity index (χ0v) is 16.1. The fraction of sp³-hybridized carbons (Fsp3) is 0.611. The topological polar surface area (TPSA) is 89.3 Å². The number of hydrogen-bond donors (Lipinski definition) is 2. The average Bonchev–Trinajstić information content (AvgIpc) is 2.52. The Hall–Kier alpha value is -1.11. The Morgan fingerprint density at radius 2 is 1.72 bits per heavy atom. The van der Waals surface area contributed by atoms with E-state index in [1.165, 1.54) is 12.7 Å². The van der Waals surface area contributed by atoms with E-state index < -0.39 is 9.84 Å². The molecule has 5 nitrogen and oxygen atoms in total. The third kappa shape index (κ3) is 4.74. The molecule has 0 aromatic heterocycles. The Labute approximate surface area is 156 Å². The second-order valence-corrected chi connectivity index (χ2v) is 9.35. The van der Waals surface area contributed by atoms with Gasteiger partial charge in [-0.3, -0.25) is 4.79 Å². The number of fused-ring (bicyclic) bond motifs is 2. The van der Waals surface area contributed by atoms with E-state index in [2.05, 4.69) is 5.32 Å². The van der Waals surface area contributed by atoms with Crippen molar-refractivity contribution in [3.63, 3.8) is 0 Å². The van der Waals surface area contributed by atoms with Gasteiger partial charge in [0.15, 0.2) is 9.84 Å². The van der Waals surface area contributed by atoms with Gasteiger partial charge >= 0.3 is 0 Å². The number of carbonyl (C=O) groups is 1. The van der Waals surface area contributed by atoms with Crippen LogP contribution in [0.1, 0.15) is 37.7 Å². The fourth-order valence-corrected chi connectivity index (χ4v) is 4.82. The van der Waals surface area contributed by atoms with Crippen LogP contribution in [0.25, 0.3) is 0 Å². The lowest BCUT2D eigenvalue weighted by Crippen LogP contribution is -2.49. The minimum atomic E-state index is -3.18. The van der Waals surface area contributed by atoms with Crippen LogP contribution in [0, 0.1) is 17.8 Å². The van der Waals surface area contributed by atoms with Crippen LogP contribution in [0.5, 0.6) is 0 Å². The van der Waals surface area contributed by atoms with Crippen molar-refractivity contribution in [1.29, 1.82) is 0 Å². The molecule has 3 rings (SSSR count). The summed E-state index contributed by atoms with van der Waals surface area (Å²) in [6.07, 6.45) is 6.52. The van der Waals surface area contributed by atoms with E-state index >= 15 is 0 Å². The van der Waals surface area contributed by atoms with Gasteiger partial charge in [0, 0.05) is 24.8 Å². The minimum Gasteiger partial charge on any atom is -0.352 e. The van der Waals surface area contributed by atoms with Crippen LogP contribution in [-0.2, 0) is 21.2 Å². The quantitative estimate of drug-likeness (QED) is 0.830. The molecule has 7 heteroatoms. The molecule has 2 atom stereocenters. The Kier molecular flexibility index (Phi) is 6.51. The van der Waals surface area contributed by atoms with Gasteiger partial charge in [0.2, 0.25) is 5.91 Å². The fourth-order valence-electron chi connectivity index (χ4n) is 4.19. The summed E-state index contributed by atoms with van der Waals surface area (Å²) < 4.78 is 22.9. The van der Waals surface area contributed by atoms with E-state index in [-0.39, 0.29) is 30.3 Å². The number of rotatable bonds is 4. The van der Waals surface area contributed by atoms with Crippen molar-refractivity contribution in [3.8, 4) is 0 Å². The van der Waals surface area contributed by atoms with Crippen LogP contribution in [-0.4, -0.2) is 26.6 Å². The molecule has 0 spiro atoms. The molecule has 3 N–H and O–H groups in total. The van der Waals surface area contributed by atoms with E-state index in [9.17, 15) is 13.2 Å². The van der Waals surface area contributed by atoms with Gasteiger partial charge in [0.25, 0.3) is 0 Å². The van der Waals surface area contributed by atoms with E-state index in [0.717, 1.165) is 31.2 Å². The molecule has 2 aliphatic rings. The number of sulfone groups is 1. The summed E-state index contributed by atoms with van der Waals surface area (Å²) in [5.41, 5.74) is 7.19. The second-order valence-electron chi connectivity index (χ2n) is 7.33. The molecule has 1 aromatic rings. The normalized spacial score (nSPS) is 28.7.